The van der Waals surface area contributed by atoms with Gasteiger partial charge in [-0.3, -0.25) is 4.79 Å². The number of halogens is 2. The Kier molecular flexibility index (Phi) is 5.35. The van der Waals surface area contributed by atoms with Crippen LogP contribution in [0.2, 0.25) is 0 Å². The van der Waals surface area contributed by atoms with Crippen LogP contribution in [0.5, 0.6) is 5.75 Å². The maximum absolute atomic E-state index is 12.4. The first-order valence-corrected chi connectivity index (χ1v) is 7.97. The van der Waals surface area contributed by atoms with E-state index in [1.165, 1.54) is 29.4 Å². The first kappa shape index (κ1) is 17.7. The summed E-state index contributed by atoms with van der Waals surface area (Å²) in [6.45, 7) is -1.65. The zero-order valence-electron chi connectivity index (χ0n) is 13.7. The third-order valence-electron chi connectivity index (χ3n) is 3.93. The van der Waals surface area contributed by atoms with Crippen molar-refractivity contribution >= 4 is 17.6 Å². The summed E-state index contributed by atoms with van der Waals surface area (Å²) < 4.78 is 34.4. The number of furan rings is 1. The first-order chi connectivity index (χ1) is 12.5. The zero-order chi connectivity index (χ0) is 18.5. The molecule has 1 N–H and O–H groups in total. The minimum atomic E-state index is -2.98. The number of carbonyl (C=O) groups excluding carboxylic acids is 2. The number of carbonyl (C=O) groups is 2. The summed E-state index contributed by atoms with van der Waals surface area (Å²) in [6, 6.07) is 8.74. The second-order valence-electron chi connectivity index (χ2n) is 5.56. The SMILES string of the molecule is O=C(Nc1ccccc1OC(F)F)N1CCN(C(=O)c2ccco2)CC1. The van der Waals surface area contributed by atoms with Crippen LogP contribution in [0, 0.1) is 0 Å². The number of hydrogen-bond donors (Lipinski definition) is 1. The average molecular weight is 365 g/mol. The van der Waals surface area contributed by atoms with Crippen molar-refractivity contribution in [2.45, 2.75) is 6.61 Å². The molecule has 2 aromatic rings. The van der Waals surface area contributed by atoms with Crippen LogP contribution in [-0.4, -0.2) is 54.5 Å². The van der Waals surface area contributed by atoms with Crippen molar-refractivity contribution in [1.82, 2.24) is 9.80 Å². The highest BCUT2D eigenvalue weighted by Crippen LogP contribution is 2.26. The second kappa shape index (κ2) is 7.85. The molecule has 9 heteroatoms. The largest absolute Gasteiger partial charge is 0.459 e. The van der Waals surface area contributed by atoms with Gasteiger partial charge in [0.2, 0.25) is 0 Å². The third-order valence-corrected chi connectivity index (χ3v) is 3.93. The summed E-state index contributed by atoms with van der Waals surface area (Å²) in [7, 11) is 0. The lowest BCUT2D eigenvalue weighted by molar-refractivity contribution is -0.0493. The number of nitrogens with zero attached hydrogens (tertiary/aromatic N) is 2. The monoisotopic (exact) mass is 365 g/mol. The number of amides is 3. The Morgan fingerprint density at radius 3 is 2.38 bits per heavy atom. The molecule has 3 amide bonds. The Morgan fingerprint density at radius 1 is 1.04 bits per heavy atom. The molecule has 1 aliphatic rings. The Bertz CT molecular complexity index is 759. The highest BCUT2D eigenvalue weighted by Gasteiger charge is 2.26. The summed E-state index contributed by atoms with van der Waals surface area (Å²) in [6.07, 6.45) is 1.43. The van der Waals surface area contributed by atoms with Gasteiger partial charge in [0, 0.05) is 26.2 Å². The third kappa shape index (κ3) is 4.11. The van der Waals surface area contributed by atoms with Gasteiger partial charge in [-0.15, -0.1) is 0 Å². The molecule has 1 saturated heterocycles. The van der Waals surface area contributed by atoms with Crippen LogP contribution in [0.25, 0.3) is 0 Å². The molecule has 26 heavy (non-hydrogen) atoms. The Morgan fingerprint density at radius 2 is 1.73 bits per heavy atom. The number of rotatable bonds is 4. The zero-order valence-corrected chi connectivity index (χ0v) is 13.7. The van der Waals surface area contributed by atoms with Gasteiger partial charge >= 0.3 is 12.6 Å². The number of urea groups is 1. The summed E-state index contributed by atoms with van der Waals surface area (Å²) in [5.74, 6) is -0.0887. The number of alkyl halides is 2. The molecule has 1 fully saturated rings. The van der Waals surface area contributed by atoms with Crippen molar-refractivity contribution in [3.05, 3.63) is 48.4 Å². The summed E-state index contributed by atoms with van der Waals surface area (Å²) >= 11 is 0. The predicted molar refractivity (Wildman–Crippen MR) is 88.3 cm³/mol. The second-order valence-corrected chi connectivity index (χ2v) is 5.56. The fourth-order valence-corrected chi connectivity index (χ4v) is 2.63. The van der Waals surface area contributed by atoms with Crippen LogP contribution >= 0.6 is 0 Å². The number of hydrogen-bond acceptors (Lipinski definition) is 4. The van der Waals surface area contributed by atoms with Crippen LogP contribution in [0.4, 0.5) is 19.3 Å². The molecule has 0 spiro atoms. The smallest absolute Gasteiger partial charge is 0.387 e. The molecule has 3 rings (SSSR count). The number of piperazine rings is 1. The van der Waals surface area contributed by atoms with Gasteiger partial charge in [-0.1, -0.05) is 12.1 Å². The Hall–Kier alpha value is -3.10. The lowest BCUT2D eigenvalue weighted by atomic mass is 10.2. The Labute approximate surface area is 148 Å². The minimum Gasteiger partial charge on any atom is -0.459 e. The number of benzene rings is 1. The van der Waals surface area contributed by atoms with Gasteiger partial charge in [0.25, 0.3) is 5.91 Å². The van der Waals surface area contributed by atoms with Crippen molar-refractivity contribution in [1.29, 1.82) is 0 Å². The highest BCUT2D eigenvalue weighted by atomic mass is 19.3. The molecule has 2 heterocycles. The molecule has 0 aliphatic carbocycles. The summed E-state index contributed by atoms with van der Waals surface area (Å²) in [4.78, 5) is 27.7. The van der Waals surface area contributed by atoms with Gasteiger partial charge in [-0.05, 0) is 24.3 Å². The van der Waals surface area contributed by atoms with Crippen molar-refractivity contribution < 1.29 is 27.5 Å². The van der Waals surface area contributed by atoms with Crippen LogP contribution in [0.15, 0.2) is 47.1 Å². The van der Waals surface area contributed by atoms with Crippen molar-refractivity contribution in [3.8, 4) is 5.75 Å². The molecule has 1 aromatic carbocycles. The lowest BCUT2D eigenvalue weighted by Crippen LogP contribution is -2.51. The molecular weight excluding hydrogens is 348 g/mol. The van der Waals surface area contributed by atoms with Crippen molar-refractivity contribution in [2.75, 3.05) is 31.5 Å². The van der Waals surface area contributed by atoms with E-state index in [0.717, 1.165) is 0 Å². The van der Waals surface area contributed by atoms with Gasteiger partial charge in [-0.25, -0.2) is 4.79 Å². The van der Waals surface area contributed by atoms with E-state index in [4.69, 9.17) is 4.42 Å². The van der Waals surface area contributed by atoms with E-state index in [9.17, 15) is 18.4 Å². The fourth-order valence-electron chi connectivity index (χ4n) is 2.63. The number of ether oxygens (including phenoxy) is 1. The van der Waals surface area contributed by atoms with E-state index >= 15 is 0 Å². The van der Waals surface area contributed by atoms with Crippen LogP contribution < -0.4 is 10.1 Å². The van der Waals surface area contributed by atoms with E-state index < -0.39 is 12.6 Å². The number of para-hydroxylation sites is 2. The number of nitrogens with one attached hydrogen (secondary N) is 1. The lowest BCUT2D eigenvalue weighted by Gasteiger charge is -2.34. The minimum absolute atomic E-state index is 0.109. The van der Waals surface area contributed by atoms with Crippen LogP contribution in [0.1, 0.15) is 10.6 Å². The fraction of sp³-hybridized carbons (Fsp3) is 0.294. The number of anilines is 1. The van der Waals surface area contributed by atoms with Gasteiger partial charge < -0.3 is 24.3 Å². The van der Waals surface area contributed by atoms with E-state index in [-0.39, 0.29) is 23.1 Å². The molecule has 0 atom stereocenters. The average Bonchev–Trinajstić information content (AvgIpc) is 3.17. The molecule has 1 aliphatic heterocycles. The van der Waals surface area contributed by atoms with E-state index in [0.29, 0.717) is 26.2 Å². The molecule has 0 unspecified atom stereocenters. The molecule has 0 radical (unpaired) electrons. The molecule has 138 valence electrons. The quantitative estimate of drug-likeness (QED) is 0.904. The molecule has 0 saturated carbocycles. The van der Waals surface area contributed by atoms with Crippen LogP contribution in [0.3, 0.4) is 0 Å². The normalized spacial score (nSPS) is 14.4. The molecule has 0 bridgehead atoms. The van der Waals surface area contributed by atoms with Gasteiger partial charge in [0.15, 0.2) is 5.76 Å². The van der Waals surface area contributed by atoms with Gasteiger partial charge in [-0.2, -0.15) is 8.78 Å². The summed E-state index contributed by atoms with van der Waals surface area (Å²) in [5.41, 5.74) is 0.159. The maximum Gasteiger partial charge on any atom is 0.387 e. The standard InChI is InChI=1S/C17H17F2N3O4/c18-16(19)26-13-5-2-1-4-12(13)20-17(24)22-9-7-21(8-10-22)15(23)14-6-3-11-25-14/h1-6,11,16H,7-10H2,(H,20,24). The molecule has 7 nitrogen and oxygen atoms in total. The molecule has 1 aromatic heterocycles. The molecular formula is C17H17F2N3O4. The summed E-state index contributed by atoms with van der Waals surface area (Å²) in [5, 5.41) is 2.56. The Balaban J connectivity index is 1.57. The first-order valence-electron chi connectivity index (χ1n) is 7.97. The van der Waals surface area contributed by atoms with Crippen LogP contribution in [-0.2, 0) is 0 Å². The van der Waals surface area contributed by atoms with E-state index in [1.807, 2.05) is 0 Å². The van der Waals surface area contributed by atoms with Gasteiger partial charge in [0.05, 0.1) is 12.0 Å². The predicted octanol–water partition coefficient (Wildman–Crippen LogP) is 2.87. The van der Waals surface area contributed by atoms with Gasteiger partial charge in [0.1, 0.15) is 5.75 Å². The van der Waals surface area contributed by atoms with E-state index in [1.54, 1.807) is 23.1 Å². The topological polar surface area (TPSA) is 75.0 Å². The maximum atomic E-state index is 12.4. The highest BCUT2D eigenvalue weighted by molar-refractivity contribution is 5.93. The van der Waals surface area contributed by atoms with Crippen molar-refractivity contribution in [2.24, 2.45) is 0 Å². The van der Waals surface area contributed by atoms with Crippen molar-refractivity contribution in [3.63, 3.8) is 0 Å². The van der Waals surface area contributed by atoms with E-state index in [2.05, 4.69) is 10.1 Å².